The zero-order chi connectivity index (χ0) is 11.6. The van der Waals surface area contributed by atoms with Gasteiger partial charge in [0.25, 0.3) is 0 Å². The Kier molecular flexibility index (Phi) is 3.34. The van der Waals surface area contributed by atoms with E-state index in [4.69, 9.17) is 5.73 Å². The van der Waals surface area contributed by atoms with E-state index in [2.05, 4.69) is 23.6 Å². The molecule has 1 aromatic rings. The number of hydrogen-bond donors (Lipinski definition) is 1. The lowest BCUT2D eigenvalue weighted by atomic mass is 10.2. The second kappa shape index (κ2) is 4.33. The molecule has 0 fully saturated rings. The Hall–Kier alpha value is -1.52. The number of aryl methyl sites for hydroxylation is 1. The standard InChI is InChI=1S/C10H17N3O2/c1-6(2)5-13-7(3)12-8(9(13)11)10(14)15-4/h6H,5,11H2,1-4H3. The lowest BCUT2D eigenvalue weighted by molar-refractivity contribution is 0.0595. The van der Waals surface area contributed by atoms with E-state index < -0.39 is 5.97 Å². The summed E-state index contributed by atoms with van der Waals surface area (Å²) in [5.41, 5.74) is 6.03. The number of esters is 1. The third kappa shape index (κ3) is 2.29. The SMILES string of the molecule is COC(=O)c1nc(C)n(CC(C)C)c1N. The summed E-state index contributed by atoms with van der Waals surface area (Å²) < 4.78 is 6.43. The molecule has 0 spiro atoms. The molecule has 1 heterocycles. The molecule has 15 heavy (non-hydrogen) atoms. The van der Waals surface area contributed by atoms with E-state index in [-0.39, 0.29) is 5.69 Å². The summed E-state index contributed by atoms with van der Waals surface area (Å²) in [6, 6.07) is 0. The molecule has 0 aromatic carbocycles. The van der Waals surface area contributed by atoms with Crippen molar-refractivity contribution in [1.82, 2.24) is 9.55 Å². The number of carbonyl (C=O) groups excluding carboxylic acids is 1. The third-order valence-electron chi connectivity index (χ3n) is 2.12. The molecule has 0 radical (unpaired) electrons. The molecule has 0 bridgehead atoms. The Morgan fingerprint density at radius 1 is 1.60 bits per heavy atom. The quantitative estimate of drug-likeness (QED) is 0.763. The van der Waals surface area contributed by atoms with E-state index >= 15 is 0 Å². The van der Waals surface area contributed by atoms with Gasteiger partial charge in [-0.2, -0.15) is 0 Å². The number of carbonyl (C=O) groups is 1. The normalized spacial score (nSPS) is 10.7. The van der Waals surface area contributed by atoms with Crippen molar-refractivity contribution in [3.63, 3.8) is 0 Å². The molecule has 0 aliphatic carbocycles. The van der Waals surface area contributed by atoms with Crippen LogP contribution in [0.15, 0.2) is 0 Å². The first-order valence-corrected chi connectivity index (χ1v) is 4.88. The minimum atomic E-state index is -0.488. The van der Waals surface area contributed by atoms with Crippen molar-refractivity contribution in [1.29, 1.82) is 0 Å². The second-order valence-electron chi connectivity index (χ2n) is 3.89. The van der Waals surface area contributed by atoms with E-state index in [9.17, 15) is 4.79 Å². The minimum absolute atomic E-state index is 0.204. The van der Waals surface area contributed by atoms with Crippen LogP contribution in [0, 0.1) is 12.8 Å². The molecule has 0 amide bonds. The number of nitrogen functional groups attached to an aromatic ring is 1. The Morgan fingerprint density at radius 2 is 2.20 bits per heavy atom. The number of nitrogens with zero attached hydrogens (tertiary/aromatic N) is 2. The van der Waals surface area contributed by atoms with Crippen LogP contribution >= 0.6 is 0 Å². The predicted octanol–water partition coefficient (Wildman–Crippen LogP) is 1.22. The molecule has 84 valence electrons. The van der Waals surface area contributed by atoms with Gasteiger partial charge in [0.05, 0.1) is 7.11 Å². The van der Waals surface area contributed by atoms with Crippen molar-refractivity contribution in [3.05, 3.63) is 11.5 Å². The summed E-state index contributed by atoms with van der Waals surface area (Å²) in [6.45, 7) is 6.74. The zero-order valence-electron chi connectivity index (χ0n) is 9.57. The number of ether oxygens (including phenoxy) is 1. The zero-order valence-corrected chi connectivity index (χ0v) is 9.57. The number of nitrogens with two attached hydrogens (primary N) is 1. The van der Waals surface area contributed by atoms with Crippen LogP contribution in [0.4, 0.5) is 5.82 Å². The van der Waals surface area contributed by atoms with Crippen LogP contribution in [-0.2, 0) is 11.3 Å². The molecule has 2 N–H and O–H groups in total. The number of imidazole rings is 1. The van der Waals surface area contributed by atoms with Crippen molar-refractivity contribution >= 4 is 11.8 Å². The van der Waals surface area contributed by atoms with Gasteiger partial charge in [0.1, 0.15) is 11.6 Å². The lowest BCUT2D eigenvalue weighted by Crippen LogP contribution is -2.11. The predicted molar refractivity (Wildman–Crippen MR) is 57.6 cm³/mol. The van der Waals surface area contributed by atoms with Crippen LogP contribution in [-0.4, -0.2) is 22.6 Å². The van der Waals surface area contributed by atoms with Gasteiger partial charge in [-0.15, -0.1) is 0 Å². The molecular weight excluding hydrogens is 194 g/mol. The van der Waals surface area contributed by atoms with Crippen molar-refractivity contribution in [3.8, 4) is 0 Å². The molecule has 0 unspecified atom stereocenters. The van der Waals surface area contributed by atoms with E-state index in [1.165, 1.54) is 7.11 Å². The molecule has 0 aliphatic rings. The molecule has 1 aromatic heterocycles. The second-order valence-corrected chi connectivity index (χ2v) is 3.89. The Labute approximate surface area is 89.2 Å². The van der Waals surface area contributed by atoms with Crippen LogP contribution in [0.2, 0.25) is 0 Å². The van der Waals surface area contributed by atoms with Crippen molar-refractivity contribution in [2.75, 3.05) is 12.8 Å². The molecule has 5 heteroatoms. The molecule has 5 nitrogen and oxygen atoms in total. The molecule has 0 aliphatic heterocycles. The van der Waals surface area contributed by atoms with Gasteiger partial charge in [0.2, 0.25) is 0 Å². The Bertz CT molecular complexity index is 369. The molecule has 1 rings (SSSR count). The van der Waals surface area contributed by atoms with Crippen LogP contribution in [0.3, 0.4) is 0 Å². The Morgan fingerprint density at radius 3 is 2.67 bits per heavy atom. The van der Waals surface area contributed by atoms with Crippen molar-refractivity contribution in [2.45, 2.75) is 27.3 Å². The van der Waals surface area contributed by atoms with Crippen molar-refractivity contribution in [2.24, 2.45) is 5.92 Å². The van der Waals surface area contributed by atoms with Crippen molar-refractivity contribution < 1.29 is 9.53 Å². The lowest BCUT2D eigenvalue weighted by Gasteiger charge is -2.09. The van der Waals surface area contributed by atoms with Gasteiger partial charge in [0, 0.05) is 6.54 Å². The number of methoxy groups -OCH3 is 1. The topological polar surface area (TPSA) is 70.1 Å². The maximum atomic E-state index is 11.3. The first-order valence-electron chi connectivity index (χ1n) is 4.88. The molecule has 0 saturated carbocycles. The summed E-state index contributed by atoms with van der Waals surface area (Å²) in [4.78, 5) is 15.4. The molecular formula is C10H17N3O2. The summed E-state index contributed by atoms with van der Waals surface area (Å²) in [7, 11) is 1.32. The van der Waals surface area contributed by atoms with Crippen LogP contribution in [0.25, 0.3) is 0 Å². The van der Waals surface area contributed by atoms with E-state index in [1.54, 1.807) is 0 Å². The highest BCUT2D eigenvalue weighted by molar-refractivity contribution is 5.92. The van der Waals surface area contributed by atoms with Gasteiger partial charge in [-0.05, 0) is 12.8 Å². The highest BCUT2D eigenvalue weighted by Gasteiger charge is 2.19. The summed E-state index contributed by atoms with van der Waals surface area (Å²) in [5, 5.41) is 0. The fraction of sp³-hybridized carbons (Fsp3) is 0.600. The maximum Gasteiger partial charge on any atom is 0.360 e. The summed E-state index contributed by atoms with van der Waals surface area (Å²) in [5.74, 6) is 1.08. The van der Waals surface area contributed by atoms with Gasteiger partial charge in [-0.1, -0.05) is 13.8 Å². The summed E-state index contributed by atoms with van der Waals surface area (Å²) >= 11 is 0. The number of rotatable bonds is 3. The monoisotopic (exact) mass is 211 g/mol. The van der Waals surface area contributed by atoms with Gasteiger partial charge >= 0.3 is 5.97 Å². The minimum Gasteiger partial charge on any atom is -0.464 e. The molecule has 0 saturated heterocycles. The van der Waals surface area contributed by atoms with Gasteiger partial charge in [-0.3, -0.25) is 0 Å². The highest BCUT2D eigenvalue weighted by atomic mass is 16.5. The number of aromatic nitrogens is 2. The average Bonchev–Trinajstić information content (AvgIpc) is 2.44. The number of anilines is 1. The Balaban J connectivity index is 3.08. The fourth-order valence-corrected chi connectivity index (χ4v) is 1.42. The van der Waals surface area contributed by atoms with E-state index in [1.807, 2.05) is 11.5 Å². The first-order chi connectivity index (χ1) is 6.97. The number of hydrogen-bond acceptors (Lipinski definition) is 4. The summed E-state index contributed by atoms with van der Waals surface area (Å²) in [6.07, 6.45) is 0. The smallest absolute Gasteiger partial charge is 0.360 e. The average molecular weight is 211 g/mol. The van der Waals surface area contributed by atoms with E-state index in [0.717, 1.165) is 12.4 Å². The van der Waals surface area contributed by atoms with Gasteiger partial charge in [0.15, 0.2) is 5.69 Å². The van der Waals surface area contributed by atoms with Crippen LogP contribution < -0.4 is 5.73 Å². The van der Waals surface area contributed by atoms with Crippen LogP contribution in [0.5, 0.6) is 0 Å². The largest absolute Gasteiger partial charge is 0.464 e. The maximum absolute atomic E-state index is 11.3. The highest BCUT2D eigenvalue weighted by Crippen LogP contribution is 2.16. The van der Waals surface area contributed by atoms with Gasteiger partial charge < -0.3 is 15.0 Å². The first kappa shape index (κ1) is 11.6. The molecule has 0 atom stereocenters. The third-order valence-corrected chi connectivity index (χ3v) is 2.12. The fourth-order valence-electron chi connectivity index (χ4n) is 1.42. The van der Waals surface area contributed by atoms with Crippen LogP contribution in [0.1, 0.15) is 30.2 Å². The van der Waals surface area contributed by atoms with E-state index in [0.29, 0.717) is 11.7 Å². The van der Waals surface area contributed by atoms with Gasteiger partial charge in [-0.25, -0.2) is 9.78 Å².